The summed E-state index contributed by atoms with van der Waals surface area (Å²) in [7, 11) is 0. The van der Waals surface area contributed by atoms with Crippen LogP contribution in [0.1, 0.15) is 34.1 Å². The lowest BCUT2D eigenvalue weighted by Crippen LogP contribution is -2.44. The molecule has 2 rings (SSSR count). The summed E-state index contributed by atoms with van der Waals surface area (Å²) in [6.07, 6.45) is 0.919. The van der Waals surface area contributed by atoms with Gasteiger partial charge in [0.05, 0.1) is 0 Å². The lowest BCUT2D eigenvalue weighted by atomic mass is 9.88. The van der Waals surface area contributed by atoms with Gasteiger partial charge in [-0.2, -0.15) is 0 Å². The van der Waals surface area contributed by atoms with Crippen LogP contribution in [-0.2, 0) is 4.79 Å². The molecule has 3 heteroatoms. The van der Waals surface area contributed by atoms with Crippen molar-refractivity contribution in [2.45, 2.75) is 40.2 Å². The Labute approximate surface area is 98.6 Å². The molecule has 2 aliphatic rings. The first-order valence-electron chi connectivity index (χ1n) is 6.49. The van der Waals surface area contributed by atoms with Crippen molar-refractivity contribution in [3.05, 3.63) is 0 Å². The molecule has 0 bridgehead atoms. The third-order valence-electron chi connectivity index (χ3n) is 4.66. The molecule has 0 aromatic carbocycles. The summed E-state index contributed by atoms with van der Waals surface area (Å²) in [5.41, 5.74) is -0.194. The Bertz CT molecular complexity index is 288. The predicted octanol–water partition coefficient (Wildman–Crippen LogP) is 1.49. The lowest BCUT2D eigenvalue weighted by molar-refractivity contribution is -0.141. The molecule has 2 heterocycles. The molecule has 0 radical (unpaired) electrons. The van der Waals surface area contributed by atoms with E-state index in [-0.39, 0.29) is 5.41 Å². The fraction of sp³-hybridized carbons (Fsp3) is 0.923. The zero-order chi connectivity index (χ0) is 11.9. The summed E-state index contributed by atoms with van der Waals surface area (Å²) in [6, 6.07) is 0.415. The van der Waals surface area contributed by atoms with Gasteiger partial charge in [0.2, 0.25) is 5.91 Å². The largest absolute Gasteiger partial charge is 0.339 e. The van der Waals surface area contributed by atoms with Gasteiger partial charge in [0, 0.05) is 31.1 Å². The number of fused-ring (bicyclic) bond motifs is 1. The van der Waals surface area contributed by atoms with Gasteiger partial charge in [-0.25, -0.2) is 0 Å². The molecule has 3 nitrogen and oxygen atoms in total. The summed E-state index contributed by atoms with van der Waals surface area (Å²) in [5, 5.41) is 3.43. The molecule has 16 heavy (non-hydrogen) atoms. The second-order valence-electron chi connectivity index (χ2n) is 6.02. The van der Waals surface area contributed by atoms with Gasteiger partial charge in [0.25, 0.3) is 0 Å². The molecular formula is C13H24N2O. The van der Waals surface area contributed by atoms with Crippen LogP contribution >= 0.6 is 0 Å². The van der Waals surface area contributed by atoms with E-state index >= 15 is 0 Å². The first-order valence-corrected chi connectivity index (χ1v) is 6.49. The fourth-order valence-corrected chi connectivity index (χ4v) is 2.98. The fourth-order valence-electron chi connectivity index (χ4n) is 2.98. The number of hydrogen-bond donors (Lipinski definition) is 1. The van der Waals surface area contributed by atoms with Crippen LogP contribution in [0.3, 0.4) is 0 Å². The van der Waals surface area contributed by atoms with Crippen molar-refractivity contribution in [2.24, 2.45) is 17.3 Å². The molecule has 1 N–H and O–H groups in total. The Morgan fingerprint density at radius 2 is 2.12 bits per heavy atom. The molecule has 0 aromatic rings. The molecule has 1 amide bonds. The van der Waals surface area contributed by atoms with Gasteiger partial charge < -0.3 is 10.2 Å². The van der Waals surface area contributed by atoms with Crippen LogP contribution in [-0.4, -0.2) is 36.5 Å². The van der Waals surface area contributed by atoms with Gasteiger partial charge in [-0.15, -0.1) is 0 Å². The number of amides is 1. The number of rotatable bonds is 2. The Morgan fingerprint density at radius 1 is 1.44 bits per heavy atom. The minimum Gasteiger partial charge on any atom is -0.339 e. The maximum Gasteiger partial charge on any atom is 0.228 e. The van der Waals surface area contributed by atoms with Gasteiger partial charge in [0.15, 0.2) is 0 Å². The lowest BCUT2D eigenvalue weighted by Gasteiger charge is -2.32. The zero-order valence-corrected chi connectivity index (χ0v) is 10.9. The molecule has 92 valence electrons. The third kappa shape index (κ3) is 1.75. The van der Waals surface area contributed by atoms with Crippen molar-refractivity contribution in [2.75, 3.05) is 19.6 Å². The topological polar surface area (TPSA) is 32.3 Å². The molecular weight excluding hydrogens is 200 g/mol. The highest BCUT2D eigenvalue weighted by molar-refractivity contribution is 5.82. The summed E-state index contributed by atoms with van der Waals surface area (Å²) in [4.78, 5) is 14.6. The van der Waals surface area contributed by atoms with Crippen molar-refractivity contribution in [1.82, 2.24) is 10.2 Å². The molecule has 0 saturated carbocycles. The van der Waals surface area contributed by atoms with Crippen LogP contribution < -0.4 is 5.32 Å². The van der Waals surface area contributed by atoms with Crippen LogP contribution in [0.25, 0.3) is 0 Å². The Morgan fingerprint density at radius 3 is 2.69 bits per heavy atom. The van der Waals surface area contributed by atoms with Crippen LogP contribution in [0.2, 0.25) is 0 Å². The van der Waals surface area contributed by atoms with E-state index in [1.165, 1.54) is 0 Å². The smallest absolute Gasteiger partial charge is 0.228 e. The van der Waals surface area contributed by atoms with E-state index < -0.39 is 0 Å². The van der Waals surface area contributed by atoms with E-state index in [0.717, 1.165) is 26.1 Å². The molecule has 0 aliphatic carbocycles. The van der Waals surface area contributed by atoms with Gasteiger partial charge in [-0.3, -0.25) is 4.79 Å². The summed E-state index contributed by atoms with van der Waals surface area (Å²) in [6.45, 7) is 11.6. The highest BCUT2D eigenvalue weighted by Crippen LogP contribution is 2.35. The van der Waals surface area contributed by atoms with Crippen LogP contribution in [0.15, 0.2) is 0 Å². The maximum atomic E-state index is 12.4. The molecule has 2 fully saturated rings. The Hall–Kier alpha value is -0.570. The van der Waals surface area contributed by atoms with Crippen LogP contribution in [0.4, 0.5) is 0 Å². The minimum atomic E-state index is -0.194. The van der Waals surface area contributed by atoms with Gasteiger partial charge >= 0.3 is 0 Å². The van der Waals surface area contributed by atoms with Crippen molar-refractivity contribution in [1.29, 1.82) is 0 Å². The van der Waals surface area contributed by atoms with Crippen molar-refractivity contribution in [3.63, 3.8) is 0 Å². The number of carbonyl (C=O) groups is 1. The zero-order valence-electron chi connectivity index (χ0n) is 10.9. The Kier molecular flexibility index (Phi) is 2.99. The standard InChI is InChI=1S/C13H24N2O/c1-5-13(3,4)12(16)15-8-10-6-14-7-11(10)9(15)2/h9-11,14H,5-8H2,1-4H3. The van der Waals surface area contributed by atoms with Crippen LogP contribution in [0.5, 0.6) is 0 Å². The van der Waals surface area contributed by atoms with Gasteiger partial charge in [-0.05, 0) is 25.2 Å². The van der Waals surface area contributed by atoms with Crippen molar-refractivity contribution < 1.29 is 4.79 Å². The van der Waals surface area contributed by atoms with E-state index in [1.54, 1.807) is 0 Å². The number of likely N-dealkylation sites (tertiary alicyclic amines) is 1. The molecule has 2 saturated heterocycles. The number of hydrogen-bond acceptors (Lipinski definition) is 2. The number of nitrogens with zero attached hydrogens (tertiary/aromatic N) is 1. The average Bonchev–Trinajstić information content (AvgIpc) is 2.81. The second-order valence-corrected chi connectivity index (χ2v) is 6.02. The first kappa shape index (κ1) is 11.9. The van der Waals surface area contributed by atoms with E-state index in [0.29, 0.717) is 23.8 Å². The summed E-state index contributed by atoms with van der Waals surface area (Å²) >= 11 is 0. The van der Waals surface area contributed by atoms with Gasteiger partial charge in [-0.1, -0.05) is 20.8 Å². The monoisotopic (exact) mass is 224 g/mol. The highest BCUT2D eigenvalue weighted by Gasteiger charge is 2.46. The molecule has 0 spiro atoms. The average molecular weight is 224 g/mol. The quantitative estimate of drug-likeness (QED) is 0.770. The molecule has 3 unspecified atom stereocenters. The Balaban J connectivity index is 2.09. The van der Waals surface area contributed by atoms with E-state index in [9.17, 15) is 4.79 Å². The summed E-state index contributed by atoms with van der Waals surface area (Å²) in [5.74, 6) is 1.71. The second kappa shape index (κ2) is 4.02. The van der Waals surface area contributed by atoms with Crippen molar-refractivity contribution >= 4 is 5.91 Å². The minimum absolute atomic E-state index is 0.194. The normalized spacial score (nSPS) is 34.2. The van der Waals surface area contributed by atoms with E-state index in [1.807, 2.05) is 0 Å². The summed E-state index contributed by atoms with van der Waals surface area (Å²) < 4.78 is 0. The van der Waals surface area contributed by atoms with E-state index in [2.05, 4.69) is 37.9 Å². The molecule has 3 atom stereocenters. The predicted molar refractivity (Wildman–Crippen MR) is 65.1 cm³/mol. The van der Waals surface area contributed by atoms with Crippen molar-refractivity contribution in [3.8, 4) is 0 Å². The molecule has 0 aromatic heterocycles. The number of nitrogens with one attached hydrogen (secondary N) is 1. The highest BCUT2D eigenvalue weighted by atomic mass is 16.2. The van der Waals surface area contributed by atoms with Crippen LogP contribution in [0, 0.1) is 17.3 Å². The third-order valence-corrected chi connectivity index (χ3v) is 4.66. The maximum absolute atomic E-state index is 12.4. The van der Waals surface area contributed by atoms with Gasteiger partial charge in [0.1, 0.15) is 0 Å². The van der Waals surface area contributed by atoms with E-state index in [4.69, 9.17) is 0 Å². The first-order chi connectivity index (χ1) is 7.47. The number of carbonyl (C=O) groups excluding carboxylic acids is 1. The molecule has 2 aliphatic heterocycles. The SMILES string of the molecule is CCC(C)(C)C(=O)N1CC2CNCC2C1C.